The summed E-state index contributed by atoms with van der Waals surface area (Å²) in [6.45, 7) is 9.44. The molecule has 2 fully saturated rings. The lowest BCUT2D eigenvalue weighted by Crippen LogP contribution is -2.64. The molecule has 0 aromatic heterocycles. The van der Waals surface area contributed by atoms with E-state index in [0.717, 1.165) is 24.0 Å². The number of piperidine rings is 2. The van der Waals surface area contributed by atoms with Crippen LogP contribution in [0.3, 0.4) is 0 Å². The molecule has 5 nitrogen and oxygen atoms in total. The molecule has 142 valence electrons. The summed E-state index contributed by atoms with van der Waals surface area (Å²) in [6.07, 6.45) is 1.79. The van der Waals surface area contributed by atoms with Crippen LogP contribution in [0.25, 0.3) is 0 Å². The third-order valence-electron chi connectivity index (χ3n) is 6.39. The number of carbonyl (C=O) groups excluding carboxylic acids is 2. The maximum atomic E-state index is 12.8. The van der Waals surface area contributed by atoms with E-state index in [0.29, 0.717) is 26.1 Å². The quantitative estimate of drug-likeness (QED) is 0.839. The van der Waals surface area contributed by atoms with Gasteiger partial charge in [-0.3, -0.25) is 9.59 Å². The van der Waals surface area contributed by atoms with E-state index in [1.54, 1.807) is 6.92 Å². The Morgan fingerprint density at radius 2 is 1.85 bits per heavy atom. The molecule has 0 bridgehead atoms. The van der Waals surface area contributed by atoms with Gasteiger partial charge in [-0.15, -0.1) is 0 Å². The van der Waals surface area contributed by atoms with E-state index in [1.165, 1.54) is 0 Å². The summed E-state index contributed by atoms with van der Waals surface area (Å²) in [5.74, 6) is 0.0788. The van der Waals surface area contributed by atoms with E-state index in [2.05, 4.69) is 0 Å². The molecule has 0 aliphatic carbocycles. The molecule has 0 radical (unpaired) electrons. The lowest BCUT2D eigenvalue weighted by Gasteiger charge is -2.55. The number of rotatable bonds is 1. The number of aliphatic hydroxyl groups excluding tert-OH is 1. The highest BCUT2D eigenvalue weighted by Crippen LogP contribution is 2.45. The lowest BCUT2D eigenvalue weighted by molar-refractivity contribution is -0.156. The van der Waals surface area contributed by atoms with Crippen LogP contribution < -0.4 is 0 Å². The van der Waals surface area contributed by atoms with Crippen molar-refractivity contribution in [3.05, 3.63) is 35.4 Å². The molecule has 1 spiro atoms. The molecule has 1 aromatic carbocycles. The van der Waals surface area contributed by atoms with Crippen molar-refractivity contribution in [1.82, 2.24) is 9.80 Å². The van der Waals surface area contributed by atoms with E-state index in [1.807, 2.05) is 54.8 Å². The van der Waals surface area contributed by atoms with Crippen molar-refractivity contribution in [2.45, 2.75) is 58.6 Å². The van der Waals surface area contributed by atoms with E-state index in [9.17, 15) is 14.7 Å². The molecular formula is C21H30N2O3. The maximum absolute atomic E-state index is 12.8. The Hall–Kier alpha value is -1.88. The summed E-state index contributed by atoms with van der Waals surface area (Å²) in [4.78, 5) is 28.6. The Kier molecular flexibility index (Phi) is 4.86. The number of amides is 2. The van der Waals surface area contributed by atoms with Gasteiger partial charge in [0.2, 0.25) is 5.91 Å². The predicted molar refractivity (Wildman–Crippen MR) is 101 cm³/mol. The Bertz CT molecular complexity index is 705. The van der Waals surface area contributed by atoms with Crippen LogP contribution in [0.1, 0.15) is 56.0 Å². The number of aryl methyl sites for hydroxylation is 1. The summed E-state index contributed by atoms with van der Waals surface area (Å²) in [7, 11) is 0. The number of benzene rings is 1. The molecule has 2 saturated heterocycles. The van der Waals surface area contributed by atoms with Crippen LogP contribution in [0, 0.1) is 12.3 Å². The first-order chi connectivity index (χ1) is 12.1. The molecule has 2 aliphatic heterocycles. The highest BCUT2D eigenvalue weighted by molar-refractivity contribution is 5.94. The molecule has 1 N–H and O–H groups in total. The Balaban J connectivity index is 1.71. The van der Waals surface area contributed by atoms with Crippen molar-refractivity contribution in [1.29, 1.82) is 0 Å². The van der Waals surface area contributed by atoms with E-state index in [-0.39, 0.29) is 17.2 Å². The molecular weight excluding hydrogens is 328 g/mol. The average Bonchev–Trinajstić information content (AvgIpc) is 2.58. The van der Waals surface area contributed by atoms with Crippen molar-refractivity contribution in [3.8, 4) is 0 Å². The third-order valence-corrected chi connectivity index (χ3v) is 6.39. The van der Waals surface area contributed by atoms with Crippen LogP contribution in [0.2, 0.25) is 0 Å². The van der Waals surface area contributed by atoms with Crippen LogP contribution in [-0.2, 0) is 4.79 Å². The fraction of sp³-hybridized carbons (Fsp3) is 0.619. The van der Waals surface area contributed by atoms with E-state index in [4.69, 9.17) is 0 Å². The van der Waals surface area contributed by atoms with Gasteiger partial charge in [-0.05, 0) is 57.6 Å². The smallest absolute Gasteiger partial charge is 0.253 e. The van der Waals surface area contributed by atoms with Crippen molar-refractivity contribution >= 4 is 11.8 Å². The molecule has 5 heteroatoms. The van der Waals surface area contributed by atoms with Crippen LogP contribution in [0.5, 0.6) is 0 Å². The van der Waals surface area contributed by atoms with Gasteiger partial charge >= 0.3 is 0 Å². The zero-order valence-corrected chi connectivity index (χ0v) is 16.3. The monoisotopic (exact) mass is 358 g/mol. The number of nitrogens with zero attached hydrogens (tertiary/aromatic N) is 2. The largest absolute Gasteiger partial charge is 0.391 e. The zero-order valence-electron chi connectivity index (χ0n) is 16.3. The van der Waals surface area contributed by atoms with Crippen molar-refractivity contribution in [2.75, 3.05) is 19.6 Å². The number of hydrogen-bond donors (Lipinski definition) is 1. The van der Waals surface area contributed by atoms with Gasteiger partial charge < -0.3 is 14.9 Å². The lowest BCUT2D eigenvalue weighted by atomic mass is 9.67. The zero-order chi connectivity index (χ0) is 19.1. The number of aliphatic hydroxyl groups is 1. The molecule has 1 atom stereocenters. The molecule has 26 heavy (non-hydrogen) atoms. The minimum absolute atomic E-state index is 0.00592. The summed E-state index contributed by atoms with van der Waals surface area (Å²) in [6, 6.07) is 7.70. The summed E-state index contributed by atoms with van der Waals surface area (Å²) >= 11 is 0. The number of hydrogen-bond acceptors (Lipinski definition) is 3. The van der Waals surface area contributed by atoms with E-state index < -0.39 is 11.6 Å². The van der Waals surface area contributed by atoms with Gasteiger partial charge in [-0.2, -0.15) is 0 Å². The second kappa shape index (κ2) is 6.69. The topological polar surface area (TPSA) is 60.9 Å². The van der Waals surface area contributed by atoms with E-state index >= 15 is 0 Å². The number of likely N-dealkylation sites (tertiary alicyclic amines) is 2. The second-order valence-corrected chi connectivity index (χ2v) is 8.64. The molecule has 0 saturated carbocycles. The summed E-state index contributed by atoms with van der Waals surface area (Å²) in [5.41, 5.74) is 1.19. The molecule has 1 aromatic rings. The van der Waals surface area contributed by atoms with Crippen molar-refractivity contribution in [2.24, 2.45) is 5.41 Å². The van der Waals surface area contributed by atoms with Gasteiger partial charge in [0.1, 0.15) is 0 Å². The first kappa shape index (κ1) is 18.9. The maximum Gasteiger partial charge on any atom is 0.253 e. The molecule has 2 aliphatic rings. The fourth-order valence-corrected chi connectivity index (χ4v) is 4.47. The van der Waals surface area contributed by atoms with Crippen molar-refractivity contribution in [3.63, 3.8) is 0 Å². The molecule has 3 rings (SSSR count). The van der Waals surface area contributed by atoms with Gasteiger partial charge in [-0.25, -0.2) is 0 Å². The first-order valence-electron chi connectivity index (χ1n) is 9.47. The Morgan fingerprint density at radius 3 is 2.42 bits per heavy atom. The van der Waals surface area contributed by atoms with Crippen LogP contribution in [-0.4, -0.2) is 58.0 Å². The molecule has 0 unspecified atom stereocenters. The van der Waals surface area contributed by atoms with Gasteiger partial charge in [0, 0.05) is 32.1 Å². The first-order valence-corrected chi connectivity index (χ1v) is 9.47. The summed E-state index contributed by atoms with van der Waals surface area (Å²) in [5, 5.41) is 10.7. The van der Waals surface area contributed by atoms with Crippen LogP contribution >= 0.6 is 0 Å². The van der Waals surface area contributed by atoms with Gasteiger partial charge in [-0.1, -0.05) is 17.7 Å². The fourth-order valence-electron chi connectivity index (χ4n) is 4.47. The Labute approximate surface area is 156 Å². The minimum Gasteiger partial charge on any atom is -0.391 e. The highest BCUT2D eigenvalue weighted by atomic mass is 16.3. The second-order valence-electron chi connectivity index (χ2n) is 8.64. The van der Waals surface area contributed by atoms with Crippen LogP contribution in [0.4, 0.5) is 0 Å². The third kappa shape index (κ3) is 3.37. The molecule has 2 heterocycles. The standard InChI is InChI=1S/C21H30N2O3/c1-15-6-5-7-17(12-15)19(26)22-10-8-21(9-11-22)13-18(25)20(3,4)23(14-21)16(2)24/h5-7,12,18,25H,8-11,13-14H2,1-4H3/t18-/m1/s1. The summed E-state index contributed by atoms with van der Waals surface area (Å²) < 4.78 is 0. The van der Waals surface area contributed by atoms with Crippen LogP contribution in [0.15, 0.2) is 24.3 Å². The number of carbonyl (C=O) groups is 2. The average molecular weight is 358 g/mol. The minimum atomic E-state index is -0.542. The van der Waals surface area contributed by atoms with Gasteiger partial charge in [0.05, 0.1) is 11.6 Å². The van der Waals surface area contributed by atoms with Crippen molar-refractivity contribution < 1.29 is 14.7 Å². The van der Waals surface area contributed by atoms with Gasteiger partial charge in [0.15, 0.2) is 0 Å². The Morgan fingerprint density at radius 1 is 1.19 bits per heavy atom. The molecule has 2 amide bonds. The SMILES string of the molecule is CC(=O)N1CC2(CCN(C(=O)c3cccc(C)c3)CC2)C[C@@H](O)C1(C)C. The highest BCUT2D eigenvalue weighted by Gasteiger charge is 2.50. The van der Waals surface area contributed by atoms with Gasteiger partial charge in [0.25, 0.3) is 5.91 Å². The normalized spacial score (nSPS) is 24.6. The predicted octanol–water partition coefficient (Wildman–Crippen LogP) is 2.61.